The zero-order chi connectivity index (χ0) is 15.1. The third kappa shape index (κ3) is 4.55. The molecule has 20 heavy (non-hydrogen) atoms. The van der Waals surface area contributed by atoms with Crippen LogP contribution in [0.25, 0.3) is 0 Å². The zero-order valence-corrected chi connectivity index (χ0v) is 14.0. The van der Waals surface area contributed by atoms with Crippen molar-refractivity contribution < 1.29 is 9.90 Å². The summed E-state index contributed by atoms with van der Waals surface area (Å²) in [4.78, 5) is 15.8. The molecule has 1 rings (SSSR count). The molecule has 0 spiro atoms. The van der Waals surface area contributed by atoms with Crippen LogP contribution in [0.2, 0.25) is 0 Å². The molecule has 0 fully saturated rings. The monoisotopic (exact) mass is 311 g/mol. The van der Waals surface area contributed by atoms with Gasteiger partial charge in [-0.3, -0.25) is 4.79 Å². The normalized spacial score (nSPS) is 11.7. The summed E-state index contributed by atoms with van der Waals surface area (Å²) in [6, 6.07) is 2.11. The fourth-order valence-electron chi connectivity index (χ4n) is 1.69. The van der Waals surface area contributed by atoms with Gasteiger partial charge in [0, 0.05) is 13.1 Å². The van der Waals surface area contributed by atoms with Gasteiger partial charge in [0.15, 0.2) is 0 Å². The van der Waals surface area contributed by atoms with Gasteiger partial charge < -0.3 is 10.0 Å². The maximum absolute atomic E-state index is 12.4. The summed E-state index contributed by atoms with van der Waals surface area (Å²) in [6.45, 7) is 3.85. The zero-order valence-electron chi connectivity index (χ0n) is 12.4. The van der Waals surface area contributed by atoms with Crippen LogP contribution in [-0.2, 0) is 0 Å². The third-order valence-electron chi connectivity index (χ3n) is 3.13. The van der Waals surface area contributed by atoms with Gasteiger partial charge in [-0.15, -0.1) is 11.3 Å². The number of nitrogens with zero attached hydrogens (tertiary/aromatic N) is 1. The first-order chi connectivity index (χ1) is 9.51. The standard InChI is InChI=1S/C15H21NO2S2/c1-11-10-14(20-13(11)6-5-8-17)15(18)16(3)12(2)7-9-19-4/h10,12,17H,7-9H2,1-4H3. The molecule has 0 saturated carbocycles. The maximum atomic E-state index is 12.4. The van der Waals surface area contributed by atoms with E-state index in [1.807, 2.05) is 20.0 Å². The van der Waals surface area contributed by atoms with Gasteiger partial charge in [-0.05, 0) is 43.9 Å². The van der Waals surface area contributed by atoms with Crippen molar-refractivity contribution in [3.63, 3.8) is 0 Å². The van der Waals surface area contributed by atoms with Crippen molar-refractivity contribution in [1.29, 1.82) is 0 Å². The average molecular weight is 311 g/mol. The lowest BCUT2D eigenvalue weighted by Crippen LogP contribution is -2.35. The lowest BCUT2D eigenvalue weighted by atomic mass is 10.2. The van der Waals surface area contributed by atoms with E-state index < -0.39 is 0 Å². The Bertz CT molecular complexity index is 514. The molecule has 0 aliphatic carbocycles. The molecule has 0 saturated heterocycles. The van der Waals surface area contributed by atoms with Crippen LogP contribution < -0.4 is 0 Å². The van der Waals surface area contributed by atoms with Gasteiger partial charge >= 0.3 is 0 Å². The highest BCUT2D eigenvalue weighted by Crippen LogP contribution is 2.23. The lowest BCUT2D eigenvalue weighted by molar-refractivity contribution is 0.0746. The number of hydrogen-bond donors (Lipinski definition) is 1. The molecule has 1 atom stereocenters. The van der Waals surface area contributed by atoms with Crippen molar-refractivity contribution >= 4 is 29.0 Å². The van der Waals surface area contributed by atoms with Gasteiger partial charge in [0.1, 0.15) is 6.61 Å². The number of carbonyl (C=O) groups excluding carboxylic acids is 1. The summed E-state index contributed by atoms with van der Waals surface area (Å²) in [7, 11) is 1.85. The van der Waals surface area contributed by atoms with Crippen molar-refractivity contribution in [2.24, 2.45) is 0 Å². The molecule has 5 heteroatoms. The Kier molecular flexibility index (Phi) is 7.14. The van der Waals surface area contributed by atoms with Crippen molar-refractivity contribution in [3.8, 4) is 11.8 Å². The molecular formula is C15H21NO2S2. The molecule has 3 nitrogen and oxygen atoms in total. The van der Waals surface area contributed by atoms with Gasteiger partial charge in [-0.25, -0.2) is 0 Å². The molecule has 1 aromatic heterocycles. The summed E-state index contributed by atoms with van der Waals surface area (Å²) in [6.07, 6.45) is 3.06. The first-order valence-corrected chi connectivity index (χ1v) is 8.68. The minimum atomic E-state index is -0.160. The van der Waals surface area contributed by atoms with E-state index in [0.717, 1.165) is 22.6 Å². The quantitative estimate of drug-likeness (QED) is 0.850. The van der Waals surface area contributed by atoms with E-state index >= 15 is 0 Å². The number of aliphatic hydroxyl groups is 1. The first-order valence-electron chi connectivity index (χ1n) is 6.47. The number of rotatable bonds is 5. The van der Waals surface area contributed by atoms with Crippen LogP contribution in [0.3, 0.4) is 0 Å². The molecule has 1 amide bonds. The smallest absolute Gasteiger partial charge is 0.263 e. The van der Waals surface area contributed by atoms with Crippen molar-refractivity contribution in [2.45, 2.75) is 26.3 Å². The predicted molar refractivity (Wildman–Crippen MR) is 87.6 cm³/mol. The molecule has 1 heterocycles. The topological polar surface area (TPSA) is 40.5 Å². The molecule has 0 aliphatic heterocycles. The summed E-state index contributed by atoms with van der Waals surface area (Å²) in [5.41, 5.74) is 0.990. The van der Waals surface area contributed by atoms with Crippen LogP contribution in [0.4, 0.5) is 0 Å². The number of aryl methyl sites for hydroxylation is 1. The molecule has 1 aromatic rings. The van der Waals surface area contributed by atoms with Crippen LogP contribution in [0.15, 0.2) is 6.07 Å². The summed E-state index contributed by atoms with van der Waals surface area (Å²) in [5, 5.41) is 8.73. The van der Waals surface area contributed by atoms with Crippen LogP contribution in [0, 0.1) is 18.8 Å². The number of carbonyl (C=O) groups is 1. The van der Waals surface area contributed by atoms with E-state index in [2.05, 4.69) is 25.0 Å². The molecule has 0 radical (unpaired) electrons. The van der Waals surface area contributed by atoms with E-state index in [0.29, 0.717) is 4.88 Å². The van der Waals surface area contributed by atoms with Gasteiger partial charge in [-0.2, -0.15) is 11.8 Å². The highest BCUT2D eigenvalue weighted by Gasteiger charge is 2.19. The molecule has 1 unspecified atom stereocenters. The molecule has 110 valence electrons. The lowest BCUT2D eigenvalue weighted by Gasteiger charge is -2.24. The average Bonchev–Trinajstić information content (AvgIpc) is 2.82. The number of thioether (sulfide) groups is 1. The van der Waals surface area contributed by atoms with Crippen molar-refractivity contribution in [3.05, 3.63) is 21.4 Å². The fraction of sp³-hybridized carbons (Fsp3) is 0.533. The Morgan fingerprint density at radius 3 is 2.90 bits per heavy atom. The Labute approximate surface area is 129 Å². The molecule has 1 N–H and O–H groups in total. The Morgan fingerprint density at radius 2 is 2.30 bits per heavy atom. The van der Waals surface area contributed by atoms with Gasteiger partial charge in [0.25, 0.3) is 5.91 Å². The number of thiophene rings is 1. The maximum Gasteiger partial charge on any atom is 0.263 e. The van der Waals surface area contributed by atoms with E-state index in [9.17, 15) is 4.79 Å². The fourth-order valence-corrected chi connectivity index (χ4v) is 3.29. The minimum absolute atomic E-state index is 0.0451. The number of aliphatic hydroxyl groups excluding tert-OH is 1. The van der Waals surface area contributed by atoms with Crippen LogP contribution in [0.5, 0.6) is 0 Å². The van der Waals surface area contributed by atoms with Crippen LogP contribution in [-0.4, -0.2) is 47.6 Å². The summed E-state index contributed by atoms with van der Waals surface area (Å²) < 4.78 is 0. The highest BCUT2D eigenvalue weighted by atomic mass is 32.2. The largest absolute Gasteiger partial charge is 0.384 e. The van der Waals surface area contributed by atoms with Crippen molar-refractivity contribution in [2.75, 3.05) is 25.7 Å². The van der Waals surface area contributed by atoms with E-state index in [1.165, 1.54) is 11.3 Å². The SMILES string of the molecule is CSCCC(C)N(C)C(=O)c1cc(C)c(C#CCO)s1. The number of hydrogen-bond acceptors (Lipinski definition) is 4. The second-order valence-electron chi connectivity index (χ2n) is 4.63. The Balaban J connectivity index is 2.81. The second-order valence-corrected chi connectivity index (χ2v) is 6.67. The van der Waals surface area contributed by atoms with Crippen LogP contribution >= 0.6 is 23.1 Å². The summed E-state index contributed by atoms with van der Waals surface area (Å²) in [5.74, 6) is 6.61. The van der Waals surface area contributed by atoms with Gasteiger partial charge in [0.2, 0.25) is 0 Å². The minimum Gasteiger partial charge on any atom is -0.384 e. The van der Waals surface area contributed by atoms with Gasteiger partial charge in [0.05, 0.1) is 9.75 Å². The number of amides is 1. The Morgan fingerprint density at radius 1 is 1.60 bits per heavy atom. The second kappa shape index (κ2) is 8.35. The van der Waals surface area contributed by atoms with Gasteiger partial charge in [-0.1, -0.05) is 11.8 Å². The molecular weight excluding hydrogens is 290 g/mol. The summed E-state index contributed by atoms with van der Waals surface area (Å²) >= 11 is 3.19. The van der Waals surface area contributed by atoms with Crippen LogP contribution in [0.1, 0.15) is 33.5 Å². The van der Waals surface area contributed by atoms with E-state index in [1.54, 1.807) is 16.7 Å². The molecule has 0 aliphatic rings. The third-order valence-corrected chi connectivity index (χ3v) is 4.92. The van der Waals surface area contributed by atoms with E-state index in [4.69, 9.17) is 5.11 Å². The molecule has 0 bridgehead atoms. The highest BCUT2D eigenvalue weighted by molar-refractivity contribution is 7.98. The van der Waals surface area contributed by atoms with E-state index in [-0.39, 0.29) is 18.6 Å². The molecule has 0 aromatic carbocycles. The first kappa shape index (κ1) is 17.1. The Hall–Kier alpha value is -0.960. The van der Waals surface area contributed by atoms with Crippen molar-refractivity contribution in [1.82, 2.24) is 4.90 Å². The predicted octanol–water partition coefficient (Wildman–Crippen LogP) is 2.61.